The zero-order valence-electron chi connectivity index (χ0n) is 18.5. The monoisotopic (exact) mass is 433 g/mol. The molecule has 32 heavy (non-hydrogen) atoms. The van der Waals surface area contributed by atoms with Crippen LogP contribution in [-0.2, 0) is 0 Å². The van der Waals surface area contributed by atoms with Gasteiger partial charge in [0.25, 0.3) is 5.56 Å². The average Bonchev–Trinajstić information content (AvgIpc) is 3.25. The Labute approximate surface area is 185 Å². The second-order valence-corrected chi connectivity index (χ2v) is 8.54. The van der Waals surface area contributed by atoms with Gasteiger partial charge in [-0.25, -0.2) is 9.97 Å². The molecule has 1 saturated heterocycles. The summed E-state index contributed by atoms with van der Waals surface area (Å²) in [6.45, 7) is 5.66. The number of nitrogen functional groups attached to an aromatic ring is 1. The molecule has 0 aliphatic carbocycles. The number of fused-ring (bicyclic) bond motifs is 3. The normalized spacial score (nSPS) is 16.9. The summed E-state index contributed by atoms with van der Waals surface area (Å²) in [5, 5.41) is 5.56. The minimum Gasteiger partial charge on any atom is -0.494 e. The number of aromatic nitrogens is 5. The van der Waals surface area contributed by atoms with Crippen LogP contribution in [0.1, 0.15) is 44.5 Å². The molecule has 5 rings (SSSR count). The highest BCUT2D eigenvalue weighted by Gasteiger charge is 2.26. The van der Waals surface area contributed by atoms with E-state index >= 15 is 0 Å². The Bertz CT molecular complexity index is 1360. The molecular weight excluding hydrogens is 406 g/mol. The van der Waals surface area contributed by atoms with E-state index in [9.17, 15) is 4.79 Å². The van der Waals surface area contributed by atoms with E-state index in [1.54, 1.807) is 22.3 Å². The first kappa shape index (κ1) is 20.3. The first-order valence-corrected chi connectivity index (χ1v) is 10.9. The number of nitrogens with zero attached hydrogens (tertiary/aromatic N) is 6. The van der Waals surface area contributed by atoms with E-state index in [0.717, 1.165) is 42.8 Å². The number of rotatable bonds is 4. The van der Waals surface area contributed by atoms with Gasteiger partial charge in [-0.1, -0.05) is 6.07 Å². The Hall–Kier alpha value is -3.62. The van der Waals surface area contributed by atoms with Crippen molar-refractivity contribution in [1.29, 1.82) is 0 Å². The van der Waals surface area contributed by atoms with Gasteiger partial charge in [0.05, 0.1) is 7.11 Å². The van der Waals surface area contributed by atoms with E-state index in [1.165, 1.54) is 0 Å². The molecule has 0 unspecified atom stereocenters. The maximum absolute atomic E-state index is 12.5. The molecule has 2 N–H and O–H groups in total. The van der Waals surface area contributed by atoms with Crippen LogP contribution in [-0.4, -0.2) is 44.3 Å². The van der Waals surface area contributed by atoms with Crippen molar-refractivity contribution in [3.8, 4) is 5.75 Å². The molecule has 1 aromatic carbocycles. The molecule has 0 radical (unpaired) electrons. The molecule has 9 nitrogen and oxygen atoms in total. The molecule has 9 heteroatoms. The second kappa shape index (κ2) is 7.81. The number of hydrogen-bond acceptors (Lipinski definition) is 7. The molecule has 1 aliphatic rings. The van der Waals surface area contributed by atoms with Gasteiger partial charge in [-0.3, -0.25) is 4.79 Å². The van der Waals surface area contributed by atoms with Crippen molar-refractivity contribution in [1.82, 2.24) is 24.1 Å². The molecule has 1 fully saturated rings. The van der Waals surface area contributed by atoms with Crippen molar-refractivity contribution < 1.29 is 4.74 Å². The van der Waals surface area contributed by atoms with Crippen molar-refractivity contribution in [2.75, 3.05) is 30.8 Å². The largest absolute Gasteiger partial charge is 0.494 e. The Kier molecular flexibility index (Phi) is 4.96. The third-order valence-corrected chi connectivity index (χ3v) is 6.17. The molecular formula is C23H27N7O2. The van der Waals surface area contributed by atoms with Gasteiger partial charge >= 0.3 is 0 Å². The van der Waals surface area contributed by atoms with Gasteiger partial charge in [-0.2, -0.15) is 4.52 Å². The van der Waals surface area contributed by atoms with Gasteiger partial charge in [0.1, 0.15) is 11.3 Å². The van der Waals surface area contributed by atoms with Gasteiger partial charge < -0.3 is 19.9 Å². The van der Waals surface area contributed by atoms with Crippen LogP contribution in [0.25, 0.3) is 16.6 Å². The lowest BCUT2D eigenvalue weighted by atomic mass is 9.97. The van der Waals surface area contributed by atoms with Crippen molar-refractivity contribution >= 4 is 28.2 Å². The van der Waals surface area contributed by atoms with Crippen LogP contribution < -0.4 is 20.9 Å². The summed E-state index contributed by atoms with van der Waals surface area (Å²) in [7, 11) is 1.61. The minimum atomic E-state index is 0.0183. The average molecular weight is 434 g/mol. The molecule has 1 aliphatic heterocycles. The number of nitrogens with two attached hydrogens (primary N) is 1. The van der Waals surface area contributed by atoms with Gasteiger partial charge in [0.2, 0.25) is 5.95 Å². The topological polar surface area (TPSA) is 104 Å². The highest BCUT2D eigenvalue weighted by atomic mass is 16.5. The Morgan fingerprint density at radius 2 is 2.06 bits per heavy atom. The van der Waals surface area contributed by atoms with Crippen LogP contribution in [0, 0.1) is 0 Å². The van der Waals surface area contributed by atoms with E-state index in [0.29, 0.717) is 16.9 Å². The molecule has 0 amide bonds. The molecule has 0 bridgehead atoms. The lowest BCUT2D eigenvalue weighted by molar-refractivity contribution is 0.419. The molecule has 4 heterocycles. The van der Waals surface area contributed by atoms with Crippen LogP contribution in [0.15, 0.2) is 41.3 Å². The molecule has 4 aromatic rings. The fourth-order valence-electron chi connectivity index (χ4n) is 4.50. The van der Waals surface area contributed by atoms with Crippen LogP contribution in [0.4, 0.5) is 11.6 Å². The SMILES string of the molecule is COc1cccc2c1nc(N)n1nc([C@@H]3CCCN(c4ccn(C(C)C)c(=O)c4)C3)nc21. The Morgan fingerprint density at radius 1 is 1.22 bits per heavy atom. The van der Waals surface area contributed by atoms with Gasteiger partial charge in [-0.15, -0.1) is 5.10 Å². The quantitative estimate of drug-likeness (QED) is 0.528. The summed E-state index contributed by atoms with van der Waals surface area (Å²) >= 11 is 0. The Balaban J connectivity index is 1.50. The number of ether oxygens (including phenoxy) is 1. The third-order valence-electron chi connectivity index (χ3n) is 6.17. The number of para-hydroxylation sites is 1. The fraction of sp³-hybridized carbons (Fsp3) is 0.391. The summed E-state index contributed by atoms with van der Waals surface area (Å²) in [5.74, 6) is 1.81. The summed E-state index contributed by atoms with van der Waals surface area (Å²) in [6.07, 6.45) is 3.85. The van der Waals surface area contributed by atoms with E-state index in [4.69, 9.17) is 20.6 Å². The predicted octanol–water partition coefficient (Wildman–Crippen LogP) is 2.99. The van der Waals surface area contributed by atoms with Crippen LogP contribution in [0.3, 0.4) is 0 Å². The number of pyridine rings is 1. The van der Waals surface area contributed by atoms with Crippen LogP contribution >= 0.6 is 0 Å². The summed E-state index contributed by atoms with van der Waals surface area (Å²) in [6, 6.07) is 9.60. The van der Waals surface area contributed by atoms with Crippen LogP contribution in [0.2, 0.25) is 0 Å². The summed E-state index contributed by atoms with van der Waals surface area (Å²) in [4.78, 5) is 24.1. The third kappa shape index (κ3) is 3.34. The van der Waals surface area contributed by atoms with E-state index in [1.807, 2.05) is 44.3 Å². The molecule has 3 aromatic heterocycles. The maximum atomic E-state index is 12.5. The smallest absolute Gasteiger partial charge is 0.252 e. The molecule has 0 spiro atoms. The zero-order valence-corrected chi connectivity index (χ0v) is 18.5. The van der Waals surface area contributed by atoms with Gasteiger partial charge in [0, 0.05) is 48.4 Å². The Morgan fingerprint density at radius 3 is 2.81 bits per heavy atom. The van der Waals surface area contributed by atoms with Crippen molar-refractivity contribution in [3.05, 3.63) is 52.7 Å². The highest BCUT2D eigenvalue weighted by molar-refractivity contribution is 5.95. The van der Waals surface area contributed by atoms with Gasteiger partial charge in [-0.05, 0) is 44.9 Å². The maximum Gasteiger partial charge on any atom is 0.252 e. The number of anilines is 2. The highest BCUT2D eigenvalue weighted by Crippen LogP contribution is 2.31. The number of hydrogen-bond donors (Lipinski definition) is 1. The second-order valence-electron chi connectivity index (χ2n) is 8.54. The van der Waals surface area contributed by atoms with Crippen molar-refractivity contribution in [3.63, 3.8) is 0 Å². The lowest BCUT2D eigenvalue weighted by Crippen LogP contribution is -2.36. The summed E-state index contributed by atoms with van der Waals surface area (Å²) in [5.41, 5.74) is 8.52. The lowest BCUT2D eigenvalue weighted by Gasteiger charge is -2.33. The van der Waals surface area contributed by atoms with E-state index < -0.39 is 0 Å². The van der Waals surface area contributed by atoms with E-state index in [-0.39, 0.29) is 23.5 Å². The fourth-order valence-corrected chi connectivity index (χ4v) is 4.50. The molecule has 166 valence electrons. The zero-order chi connectivity index (χ0) is 22.4. The first-order chi connectivity index (χ1) is 15.5. The predicted molar refractivity (Wildman–Crippen MR) is 125 cm³/mol. The van der Waals surface area contributed by atoms with Gasteiger partial charge in [0.15, 0.2) is 11.5 Å². The molecule has 0 saturated carbocycles. The van der Waals surface area contributed by atoms with E-state index in [2.05, 4.69) is 9.88 Å². The first-order valence-electron chi connectivity index (χ1n) is 10.9. The number of benzene rings is 1. The summed E-state index contributed by atoms with van der Waals surface area (Å²) < 4.78 is 8.79. The number of methoxy groups -OCH3 is 1. The van der Waals surface area contributed by atoms with Crippen molar-refractivity contribution in [2.24, 2.45) is 0 Å². The molecule has 1 atom stereocenters. The van der Waals surface area contributed by atoms with Crippen molar-refractivity contribution in [2.45, 2.75) is 38.6 Å². The number of piperidine rings is 1. The minimum absolute atomic E-state index is 0.0183. The van der Waals surface area contributed by atoms with Crippen LogP contribution in [0.5, 0.6) is 5.75 Å². The standard InChI is InChI=1S/C23H27N7O2/c1-14(2)29-11-9-16(12-19(29)31)28-10-5-6-15(13-28)21-26-22-17-7-4-8-18(32-3)20(17)25-23(24)30(22)27-21/h4,7-9,11-12,14-15H,5-6,10,13H2,1-3H3,(H2,24,25)/t15-/m1/s1.